The standard InChI is InChI=1S/C12H18BrNO2.ClH/c1-7-4-5-8(13)9(10(7)16)11(14)12(2,3)6-15;/h4-5,11,15-16H,6,14H2,1-3H3;1H/t11-;/m0./s1. The first-order valence-corrected chi connectivity index (χ1v) is 5.95. The highest BCUT2D eigenvalue weighted by atomic mass is 79.9. The Morgan fingerprint density at radius 3 is 2.41 bits per heavy atom. The second-order valence-corrected chi connectivity index (χ2v) is 5.61. The molecule has 0 spiro atoms. The van der Waals surface area contributed by atoms with Gasteiger partial charge < -0.3 is 15.9 Å². The summed E-state index contributed by atoms with van der Waals surface area (Å²) in [7, 11) is 0. The Hall–Kier alpha value is -0.290. The maximum absolute atomic E-state index is 10.0. The summed E-state index contributed by atoms with van der Waals surface area (Å²) >= 11 is 3.38. The van der Waals surface area contributed by atoms with Gasteiger partial charge in [0, 0.05) is 28.1 Å². The van der Waals surface area contributed by atoms with Gasteiger partial charge in [-0.05, 0) is 18.6 Å². The summed E-state index contributed by atoms with van der Waals surface area (Å²) in [5.41, 5.74) is 7.06. The molecular weight excluding hydrogens is 305 g/mol. The lowest BCUT2D eigenvalue weighted by molar-refractivity contribution is 0.131. The highest BCUT2D eigenvalue weighted by Gasteiger charge is 2.30. The van der Waals surface area contributed by atoms with Crippen molar-refractivity contribution in [1.82, 2.24) is 0 Å². The zero-order valence-electron chi connectivity index (χ0n) is 10.2. The van der Waals surface area contributed by atoms with E-state index in [1.165, 1.54) is 0 Å². The van der Waals surface area contributed by atoms with Crippen LogP contribution in [0.4, 0.5) is 0 Å². The molecule has 1 aromatic carbocycles. The van der Waals surface area contributed by atoms with Crippen molar-refractivity contribution in [2.24, 2.45) is 11.1 Å². The van der Waals surface area contributed by atoms with E-state index < -0.39 is 11.5 Å². The van der Waals surface area contributed by atoms with Crippen LogP contribution in [0.5, 0.6) is 5.75 Å². The van der Waals surface area contributed by atoms with Gasteiger partial charge in [0.05, 0.1) is 0 Å². The van der Waals surface area contributed by atoms with Gasteiger partial charge in [0.25, 0.3) is 0 Å². The van der Waals surface area contributed by atoms with Gasteiger partial charge >= 0.3 is 0 Å². The summed E-state index contributed by atoms with van der Waals surface area (Å²) in [6, 6.07) is 3.26. The lowest BCUT2D eigenvalue weighted by Crippen LogP contribution is -2.32. The summed E-state index contributed by atoms with van der Waals surface area (Å²) in [4.78, 5) is 0. The Kier molecular flexibility index (Phi) is 5.94. The number of aliphatic hydroxyl groups excluding tert-OH is 1. The predicted octanol–water partition coefficient (Wildman–Crippen LogP) is 2.90. The number of benzene rings is 1. The van der Waals surface area contributed by atoms with Gasteiger partial charge in [-0.2, -0.15) is 0 Å². The molecule has 0 fully saturated rings. The van der Waals surface area contributed by atoms with E-state index in [1.54, 1.807) is 0 Å². The molecule has 0 aromatic heterocycles. The van der Waals surface area contributed by atoms with E-state index in [0.29, 0.717) is 5.56 Å². The maximum atomic E-state index is 10.0. The molecule has 5 heteroatoms. The maximum Gasteiger partial charge on any atom is 0.124 e. The highest BCUT2D eigenvalue weighted by molar-refractivity contribution is 9.10. The molecule has 0 saturated carbocycles. The van der Waals surface area contributed by atoms with Crippen LogP contribution < -0.4 is 5.73 Å². The summed E-state index contributed by atoms with van der Waals surface area (Å²) in [5, 5.41) is 19.3. The second-order valence-electron chi connectivity index (χ2n) is 4.75. The third kappa shape index (κ3) is 3.35. The van der Waals surface area contributed by atoms with Gasteiger partial charge in [-0.25, -0.2) is 0 Å². The van der Waals surface area contributed by atoms with Gasteiger partial charge in [-0.1, -0.05) is 35.8 Å². The molecule has 0 aliphatic carbocycles. The Morgan fingerprint density at radius 2 is 1.94 bits per heavy atom. The van der Waals surface area contributed by atoms with Gasteiger partial charge in [0.2, 0.25) is 0 Å². The van der Waals surface area contributed by atoms with Crippen molar-refractivity contribution in [3.05, 3.63) is 27.7 Å². The van der Waals surface area contributed by atoms with Crippen LogP contribution >= 0.6 is 28.3 Å². The van der Waals surface area contributed by atoms with Gasteiger partial charge in [-0.3, -0.25) is 0 Å². The number of aromatic hydroxyl groups is 1. The smallest absolute Gasteiger partial charge is 0.124 e. The van der Waals surface area contributed by atoms with Gasteiger partial charge in [-0.15, -0.1) is 12.4 Å². The minimum atomic E-state index is -0.478. The van der Waals surface area contributed by atoms with E-state index >= 15 is 0 Å². The number of aryl methyl sites for hydroxylation is 1. The first-order chi connectivity index (χ1) is 7.31. The molecule has 0 heterocycles. The van der Waals surface area contributed by atoms with Crippen molar-refractivity contribution in [2.75, 3.05) is 6.61 Å². The van der Waals surface area contributed by atoms with Crippen LogP contribution in [0.2, 0.25) is 0 Å². The van der Waals surface area contributed by atoms with Crippen molar-refractivity contribution in [3.8, 4) is 5.75 Å². The van der Waals surface area contributed by atoms with E-state index in [0.717, 1.165) is 10.0 Å². The number of nitrogens with two attached hydrogens (primary N) is 1. The molecule has 0 unspecified atom stereocenters. The molecule has 3 nitrogen and oxygen atoms in total. The summed E-state index contributed by atoms with van der Waals surface area (Å²) < 4.78 is 0.768. The molecule has 17 heavy (non-hydrogen) atoms. The average Bonchev–Trinajstić information content (AvgIpc) is 2.24. The normalized spacial score (nSPS) is 13.1. The summed E-state index contributed by atoms with van der Waals surface area (Å²) in [6.07, 6.45) is 0. The fourth-order valence-corrected chi connectivity index (χ4v) is 2.04. The van der Waals surface area contributed by atoms with Crippen LogP contribution in [0.1, 0.15) is 31.0 Å². The SMILES string of the molecule is Cc1ccc(Br)c([C@H](N)C(C)(C)CO)c1O.Cl. The number of halogens is 2. The zero-order chi connectivity index (χ0) is 12.5. The van der Waals surface area contributed by atoms with Crippen molar-refractivity contribution in [3.63, 3.8) is 0 Å². The topological polar surface area (TPSA) is 66.5 Å². The monoisotopic (exact) mass is 323 g/mol. The van der Waals surface area contributed by atoms with Crippen molar-refractivity contribution >= 4 is 28.3 Å². The van der Waals surface area contributed by atoms with E-state index in [-0.39, 0.29) is 24.8 Å². The molecule has 0 aliphatic heterocycles. The number of aliphatic hydroxyl groups is 1. The van der Waals surface area contributed by atoms with E-state index in [2.05, 4.69) is 15.9 Å². The van der Waals surface area contributed by atoms with Gasteiger partial charge in [0.15, 0.2) is 0 Å². The van der Waals surface area contributed by atoms with Crippen LogP contribution in [0.3, 0.4) is 0 Å². The lowest BCUT2D eigenvalue weighted by Gasteiger charge is -2.31. The number of hydrogen-bond donors (Lipinski definition) is 3. The number of phenols is 1. The Morgan fingerprint density at radius 1 is 1.41 bits per heavy atom. The minimum Gasteiger partial charge on any atom is -0.507 e. The molecule has 0 amide bonds. The largest absolute Gasteiger partial charge is 0.507 e. The molecular formula is C12H19BrClNO2. The van der Waals surface area contributed by atoms with Crippen LogP contribution in [0.15, 0.2) is 16.6 Å². The van der Waals surface area contributed by atoms with Crippen molar-refractivity contribution in [1.29, 1.82) is 0 Å². The molecule has 1 aromatic rings. The third-order valence-corrected chi connectivity index (χ3v) is 3.62. The van der Waals surface area contributed by atoms with Crippen LogP contribution in [0.25, 0.3) is 0 Å². The number of hydrogen-bond acceptors (Lipinski definition) is 3. The quantitative estimate of drug-likeness (QED) is 0.801. The molecule has 1 atom stereocenters. The van der Waals surface area contributed by atoms with Gasteiger partial charge in [0.1, 0.15) is 5.75 Å². The van der Waals surface area contributed by atoms with Crippen LogP contribution in [-0.2, 0) is 0 Å². The summed E-state index contributed by atoms with van der Waals surface area (Å²) in [6.45, 7) is 5.52. The fourth-order valence-electron chi connectivity index (χ4n) is 1.48. The molecule has 0 bridgehead atoms. The Bertz CT molecular complexity index is 396. The van der Waals surface area contributed by atoms with Crippen molar-refractivity contribution < 1.29 is 10.2 Å². The molecule has 4 N–H and O–H groups in total. The summed E-state index contributed by atoms with van der Waals surface area (Å²) in [5.74, 6) is 0.198. The first-order valence-electron chi connectivity index (χ1n) is 5.15. The van der Waals surface area contributed by atoms with E-state index in [9.17, 15) is 10.2 Å². The van der Waals surface area contributed by atoms with Crippen molar-refractivity contribution in [2.45, 2.75) is 26.8 Å². The molecule has 1 rings (SSSR count). The highest BCUT2D eigenvalue weighted by Crippen LogP contribution is 2.40. The van der Waals surface area contributed by atoms with E-state index in [1.807, 2.05) is 32.9 Å². The Labute approximate surface area is 117 Å². The zero-order valence-corrected chi connectivity index (χ0v) is 12.6. The second kappa shape index (κ2) is 6.05. The molecule has 0 aliphatic rings. The number of phenolic OH excluding ortho intramolecular Hbond substituents is 1. The molecule has 98 valence electrons. The fraction of sp³-hybridized carbons (Fsp3) is 0.500. The average molecular weight is 325 g/mol. The minimum absolute atomic E-state index is 0. The third-order valence-electron chi connectivity index (χ3n) is 2.93. The Balaban J connectivity index is 0.00000256. The van der Waals surface area contributed by atoms with E-state index in [4.69, 9.17) is 5.73 Å². The lowest BCUT2D eigenvalue weighted by atomic mass is 9.81. The first kappa shape index (κ1) is 16.7. The predicted molar refractivity (Wildman–Crippen MR) is 75.6 cm³/mol. The number of rotatable bonds is 3. The van der Waals surface area contributed by atoms with Crippen LogP contribution in [-0.4, -0.2) is 16.8 Å². The molecule has 0 radical (unpaired) electrons. The molecule has 0 saturated heterocycles. The van der Waals surface area contributed by atoms with Crippen LogP contribution in [0, 0.1) is 12.3 Å².